The smallest absolute Gasteiger partial charge is 0.326 e. The quantitative estimate of drug-likeness (QED) is 0.240. The molecule has 0 bridgehead atoms. The van der Waals surface area contributed by atoms with Crippen LogP contribution in [0, 0.1) is 0 Å². The lowest BCUT2D eigenvalue weighted by Crippen LogP contribution is -2.32. The number of hydrogen-bond donors (Lipinski definition) is 3. The third-order valence-corrected chi connectivity index (χ3v) is 6.19. The molecular formula is C28H23Cl2N3O3. The summed E-state index contributed by atoms with van der Waals surface area (Å²) in [5, 5.41) is 16.1. The number of carboxylic acid groups (broad SMARTS) is 1. The van der Waals surface area contributed by atoms with Crippen LogP contribution in [0.4, 0.5) is 11.4 Å². The lowest BCUT2D eigenvalue weighted by atomic mass is 10.0. The maximum Gasteiger partial charge on any atom is 0.326 e. The molecule has 1 amide bonds. The molecule has 182 valence electrons. The maximum atomic E-state index is 12.6. The monoisotopic (exact) mass is 519 g/mol. The summed E-state index contributed by atoms with van der Waals surface area (Å²) in [5.41, 5.74) is 4.41. The van der Waals surface area contributed by atoms with E-state index in [2.05, 4.69) is 15.6 Å². The van der Waals surface area contributed by atoms with Crippen LogP contribution in [0.25, 0.3) is 0 Å². The molecule has 3 aromatic carbocycles. The van der Waals surface area contributed by atoms with E-state index in [0.29, 0.717) is 12.1 Å². The SMILES string of the molecule is O=C(Nc1ccc(CC(Nc2ccccc2Cc2ccccc2)C(=O)O)cc1)c1c(Cl)cncc1Cl. The van der Waals surface area contributed by atoms with Gasteiger partial charge in [-0.2, -0.15) is 0 Å². The van der Waals surface area contributed by atoms with Crippen LogP contribution in [-0.4, -0.2) is 28.0 Å². The molecule has 0 fully saturated rings. The molecule has 36 heavy (non-hydrogen) atoms. The van der Waals surface area contributed by atoms with Gasteiger partial charge in [0.2, 0.25) is 0 Å². The van der Waals surface area contributed by atoms with Gasteiger partial charge in [0, 0.05) is 30.2 Å². The van der Waals surface area contributed by atoms with Crippen LogP contribution in [0.1, 0.15) is 27.0 Å². The molecular weight excluding hydrogens is 497 g/mol. The van der Waals surface area contributed by atoms with Crippen LogP contribution in [0.2, 0.25) is 10.0 Å². The first kappa shape index (κ1) is 25.2. The molecule has 0 saturated carbocycles. The number of carbonyl (C=O) groups is 2. The summed E-state index contributed by atoms with van der Waals surface area (Å²) >= 11 is 12.1. The van der Waals surface area contributed by atoms with Gasteiger partial charge in [-0.15, -0.1) is 0 Å². The first-order valence-electron chi connectivity index (χ1n) is 11.2. The maximum absolute atomic E-state index is 12.6. The number of hydrogen-bond acceptors (Lipinski definition) is 4. The molecule has 4 aromatic rings. The number of aliphatic carboxylic acids is 1. The number of carboxylic acids is 1. The molecule has 0 aliphatic rings. The van der Waals surface area contributed by atoms with Gasteiger partial charge in [0.25, 0.3) is 5.91 Å². The van der Waals surface area contributed by atoms with Crippen molar-refractivity contribution in [1.29, 1.82) is 0 Å². The van der Waals surface area contributed by atoms with Gasteiger partial charge in [-0.1, -0.05) is 83.9 Å². The Morgan fingerprint density at radius 3 is 2.14 bits per heavy atom. The Labute approximate surface area is 218 Å². The van der Waals surface area contributed by atoms with Crippen molar-refractivity contribution >= 4 is 46.5 Å². The largest absolute Gasteiger partial charge is 0.480 e. The van der Waals surface area contributed by atoms with Gasteiger partial charge < -0.3 is 15.7 Å². The third-order valence-electron chi connectivity index (χ3n) is 5.61. The molecule has 4 rings (SSSR count). The van der Waals surface area contributed by atoms with Crippen molar-refractivity contribution in [1.82, 2.24) is 4.98 Å². The van der Waals surface area contributed by atoms with Crippen LogP contribution in [0.3, 0.4) is 0 Å². The summed E-state index contributed by atoms with van der Waals surface area (Å²) < 4.78 is 0. The number of amides is 1. The highest BCUT2D eigenvalue weighted by Crippen LogP contribution is 2.25. The summed E-state index contributed by atoms with van der Waals surface area (Å²) in [6.45, 7) is 0. The van der Waals surface area contributed by atoms with E-state index in [1.807, 2.05) is 54.6 Å². The molecule has 6 nitrogen and oxygen atoms in total. The second kappa shape index (κ2) is 11.7. The van der Waals surface area contributed by atoms with E-state index < -0.39 is 17.9 Å². The number of benzene rings is 3. The van der Waals surface area contributed by atoms with Crippen LogP contribution < -0.4 is 10.6 Å². The molecule has 0 aliphatic carbocycles. The van der Waals surface area contributed by atoms with Crippen molar-refractivity contribution < 1.29 is 14.7 Å². The molecule has 3 N–H and O–H groups in total. The van der Waals surface area contributed by atoms with E-state index in [0.717, 1.165) is 22.4 Å². The van der Waals surface area contributed by atoms with Gasteiger partial charge in [-0.05, 0) is 41.3 Å². The fraction of sp³-hybridized carbons (Fsp3) is 0.107. The van der Waals surface area contributed by atoms with E-state index in [4.69, 9.17) is 23.2 Å². The molecule has 0 saturated heterocycles. The average molecular weight is 520 g/mol. The minimum atomic E-state index is -0.955. The Morgan fingerprint density at radius 2 is 1.47 bits per heavy atom. The van der Waals surface area contributed by atoms with Crippen molar-refractivity contribution in [2.45, 2.75) is 18.9 Å². The zero-order valence-electron chi connectivity index (χ0n) is 19.1. The van der Waals surface area contributed by atoms with Gasteiger partial charge >= 0.3 is 5.97 Å². The van der Waals surface area contributed by atoms with E-state index >= 15 is 0 Å². The Morgan fingerprint density at radius 1 is 0.833 bits per heavy atom. The van der Waals surface area contributed by atoms with E-state index in [1.165, 1.54) is 12.4 Å². The predicted octanol–water partition coefficient (Wildman–Crippen LogP) is 6.34. The molecule has 1 aromatic heterocycles. The van der Waals surface area contributed by atoms with Gasteiger partial charge in [-0.3, -0.25) is 9.78 Å². The number of rotatable bonds is 9. The Balaban J connectivity index is 1.44. The molecule has 8 heteroatoms. The first-order valence-corrected chi connectivity index (χ1v) is 12.0. The summed E-state index contributed by atoms with van der Waals surface area (Å²) in [6.07, 6.45) is 3.65. The second-order valence-corrected chi connectivity index (χ2v) is 9.00. The molecule has 1 unspecified atom stereocenters. The van der Waals surface area contributed by atoms with E-state index in [1.54, 1.807) is 24.3 Å². The highest BCUT2D eigenvalue weighted by atomic mass is 35.5. The Hall–Kier alpha value is -3.87. The molecule has 0 radical (unpaired) electrons. The van der Waals surface area contributed by atoms with Crippen molar-refractivity contribution in [3.05, 3.63) is 124 Å². The number of aromatic nitrogens is 1. The van der Waals surface area contributed by atoms with Crippen molar-refractivity contribution in [2.75, 3.05) is 10.6 Å². The fourth-order valence-electron chi connectivity index (χ4n) is 3.80. The molecule has 1 heterocycles. The topological polar surface area (TPSA) is 91.3 Å². The van der Waals surface area contributed by atoms with Crippen LogP contribution in [0.15, 0.2) is 91.3 Å². The fourth-order valence-corrected chi connectivity index (χ4v) is 4.34. The normalized spacial score (nSPS) is 11.5. The third kappa shape index (κ3) is 6.42. The number of nitrogens with one attached hydrogen (secondary N) is 2. The second-order valence-electron chi connectivity index (χ2n) is 8.19. The summed E-state index contributed by atoms with van der Waals surface area (Å²) in [5.74, 6) is -1.41. The Bertz CT molecular complexity index is 1340. The lowest BCUT2D eigenvalue weighted by Gasteiger charge is -2.19. The number of halogens is 2. The van der Waals surface area contributed by atoms with Gasteiger partial charge in [0.1, 0.15) is 6.04 Å². The number of pyridine rings is 1. The molecule has 0 aliphatic heterocycles. The van der Waals surface area contributed by atoms with Crippen LogP contribution >= 0.6 is 23.2 Å². The summed E-state index contributed by atoms with van der Waals surface area (Å²) in [7, 11) is 0. The highest BCUT2D eigenvalue weighted by Gasteiger charge is 2.20. The average Bonchev–Trinajstić information content (AvgIpc) is 2.86. The van der Waals surface area contributed by atoms with Crippen LogP contribution in [-0.2, 0) is 17.6 Å². The number of nitrogens with zero attached hydrogens (tertiary/aromatic N) is 1. The highest BCUT2D eigenvalue weighted by molar-refractivity contribution is 6.40. The lowest BCUT2D eigenvalue weighted by molar-refractivity contribution is -0.137. The van der Waals surface area contributed by atoms with Crippen LogP contribution in [0.5, 0.6) is 0 Å². The van der Waals surface area contributed by atoms with Crippen molar-refractivity contribution in [2.24, 2.45) is 0 Å². The van der Waals surface area contributed by atoms with Gasteiger partial charge in [-0.25, -0.2) is 4.79 Å². The minimum absolute atomic E-state index is 0.140. The van der Waals surface area contributed by atoms with Gasteiger partial charge in [0.15, 0.2) is 0 Å². The minimum Gasteiger partial charge on any atom is -0.480 e. The zero-order chi connectivity index (χ0) is 25.5. The summed E-state index contributed by atoms with van der Waals surface area (Å²) in [4.78, 5) is 28.5. The summed E-state index contributed by atoms with van der Waals surface area (Å²) in [6, 6.07) is 23.9. The van der Waals surface area contributed by atoms with Gasteiger partial charge in [0.05, 0.1) is 15.6 Å². The number of anilines is 2. The standard InChI is InChI=1S/C28H23Cl2N3O3/c29-22-16-31-17-23(30)26(22)27(34)32-21-12-10-19(11-13-21)15-25(28(35)36)33-24-9-5-4-8-20(24)14-18-6-2-1-3-7-18/h1-13,16-17,25,33H,14-15H2,(H,32,34)(H,35,36). The van der Waals surface area contributed by atoms with Crippen molar-refractivity contribution in [3.8, 4) is 0 Å². The number of para-hydroxylation sites is 1. The Kier molecular flexibility index (Phi) is 8.21. The molecule has 0 spiro atoms. The van der Waals surface area contributed by atoms with E-state index in [9.17, 15) is 14.7 Å². The van der Waals surface area contributed by atoms with Crippen molar-refractivity contribution in [3.63, 3.8) is 0 Å². The zero-order valence-corrected chi connectivity index (χ0v) is 20.6. The predicted molar refractivity (Wildman–Crippen MR) is 143 cm³/mol. The van der Waals surface area contributed by atoms with E-state index in [-0.39, 0.29) is 22.0 Å². The first-order chi connectivity index (χ1) is 17.4. The number of carbonyl (C=O) groups excluding carboxylic acids is 1. The molecule has 1 atom stereocenters.